The average molecular weight is 1070 g/mol. The van der Waals surface area contributed by atoms with E-state index in [-0.39, 0.29) is 37.7 Å². The summed E-state index contributed by atoms with van der Waals surface area (Å²) < 4.78 is 17.5. The molecule has 3 saturated heterocycles. The Morgan fingerprint density at radius 3 is 2.44 bits per heavy atom. The number of fused-ring (bicyclic) bond motifs is 6. The van der Waals surface area contributed by atoms with Crippen LogP contribution in [0.15, 0.2) is 78.9 Å². The van der Waals surface area contributed by atoms with Gasteiger partial charge in [-0.15, -0.1) is 0 Å². The van der Waals surface area contributed by atoms with Crippen LogP contribution in [0.2, 0.25) is 0 Å². The highest BCUT2D eigenvalue weighted by Crippen LogP contribution is 2.68. The molecule has 11 atom stereocenters. The molecule has 4 aromatic rings. The van der Waals surface area contributed by atoms with E-state index in [4.69, 9.17) is 14.2 Å². The first-order chi connectivity index (χ1) is 37.5. The van der Waals surface area contributed by atoms with E-state index in [1.165, 1.54) is 19.1 Å². The number of aromatic nitrogens is 1. The monoisotopic (exact) mass is 1070 g/mol. The second kappa shape index (κ2) is 20.2. The molecule has 1 saturated carbocycles. The Kier molecular flexibility index (Phi) is 13.8. The molecule has 414 valence electrons. The summed E-state index contributed by atoms with van der Waals surface area (Å²) in [6.45, 7) is 6.48. The van der Waals surface area contributed by atoms with Gasteiger partial charge in [-0.05, 0) is 99.2 Å². The first-order valence-electron chi connectivity index (χ1n) is 27.3. The number of H-pyrrole nitrogens is 1. The van der Waals surface area contributed by atoms with Gasteiger partial charge in [-0.25, -0.2) is 4.79 Å². The zero-order valence-corrected chi connectivity index (χ0v) is 44.6. The summed E-state index contributed by atoms with van der Waals surface area (Å²) in [4.78, 5) is 95.7. The van der Waals surface area contributed by atoms with Gasteiger partial charge in [0.15, 0.2) is 5.60 Å². The topological polar surface area (TPSA) is 256 Å². The number of carbonyl (C=O) groups excluding carboxylic acids is 6. The second-order valence-corrected chi connectivity index (χ2v) is 22.7. The fraction of sp³-hybridized carbons (Fsp3) is 0.517. The Morgan fingerprint density at radius 2 is 1.69 bits per heavy atom. The molecular formula is C58H70N8O12. The summed E-state index contributed by atoms with van der Waals surface area (Å²) in [6.07, 6.45) is 4.63. The molecular weight excluding hydrogens is 1000 g/mol. The first kappa shape index (κ1) is 53.3. The summed E-state index contributed by atoms with van der Waals surface area (Å²) in [5.74, 6) is -3.10. The maximum atomic E-state index is 15.5. The molecule has 4 fully saturated rings. The number of aliphatic hydroxyl groups excluding tert-OH is 1. The molecule has 7 heterocycles. The van der Waals surface area contributed by atoms with E-state index in [9.17, 15) is 34.5 Å². The Balaban J connectivity index is 0.981. The molecule has 2 bridgehead atoms. The zero-order chi connectivity index (χ0) is 54.9. The largest absolute Gasteiger partial charge is 0.496 e. The lowest BCUT2D eigenvalue weighted by atomic mass is 9.47. The lowest BCUT2D eigenvalue weighted by Gasteiger charge is -2.63. The van der Waals surface area contributed by atoms with Crippen LogP contribution in [0, 0.1) is 11.3 Å². The Labute approximate surface area is 452 Å². The number of hydrogen-bond donors (Lipinski definition) is 7. The molecule has 7 N–H and O–H groups in total. The number of imide groups is 1. The lowest BCUT2D eigenvalue weighted by molar-refractivity contribution is -0.204. The Hall–Kier alpha value is -6.68. The van der Waals surface area contributed by atoms with Crippen LogP contribution in [0.25, 0.3) is 10.9 Å². The number of amides is 5. The normalized spacial score (nSPS) is 32.8. The molecule has 1 aromatic heterocycles. The van der Waals surface area contributed by atoms with Crippen LogP contribution in [0.1, 0.15) is 86.7 Å². The number of nitrogens with one attached hydrogen (secondary N) is 4. The zero-order valence-electron chi connectivity index (χ0n) is 44.6. The molecule has 0 radical (unpaired) electrons. The molecule has 2 unspecified atom stereocenters. The number of carbonyl (C=O) groups is 6. The molecule has 7 aliphatic rings. The lowest BCUT2D eigenvalue weighted by Crippen LogP contribution is -2.82. The minimum Gasteiger partial charge on any atom is -0.496 e. The second-order valence-electron chi connectivity index (χ2n) is 22.7. The quantitative estimate of drug-likeness (QED) is 0.0466. The number of piperidine rings is 1. The summed E-state index contributed by atoms with van der Waals surface area (Å²) in [5, 5.41) is 41.9. The number of anilines is 1. The number of esters is 1. The number of aromatic amines is 1. The Morgan fingerprint density at radius 1 is 0.910 bits per heavy atom. The van der Waals surface area contributed by atoms with Gasteiger partial charge in [0.2, 0.25) is 12.3 Å². The van der Waals surface area contributed by atoms with Gasteiger partial charge in [-0.3, -0.25) is 54.8 Å². The fourth-order valence-corrected chi connectivity index (χ4v) is 15.6. The number of hydrogen-bond acceptors (Lipinski definition) is 15. The van der Waals surface area contributed by atoms with Crippen LogP contribution in [0.4, 0.5) is 10.5 Å². The van der Waals surface area contributed by atoms with E-state index >= 15 is 9.59 Å². The molecule has 1 aliphatic carbocycles. The van der Waals surface area contributed by atoms with Crippen molar-refractivity contribution in [1.82, 2.24) is 35.9 Å². The highest BCUT2D eigenvalue weighted by molar-refractivity contribution is 5.98. The molecule has 3 aromatic carbocycles. The maximum Gasteiger partial charge on any atom is 0.414 e. The predicted molar refractivity (Wildman–Crippen MR) is 285 cm³/mol. The summed E-state index contributed by atoms with van der Waals surface area (Å²) in [6, 6.07) is 17.5. The molecule has 11 rings (SSSR count). The minimum atomic E-state index is -2.81. The first-order valence-corrected chi connectivity index (χ1v) is 27.3. The molecule has 78 heavy (non-hydrogen) atoms. The fourth-order valence-electron chi connectivity index (χ4n) is 15.6. The van der Waals surface area contributed by atoms with Gasteiger partial charge in [0.25, 0.3) is 11.8 Å². The number of aliphatic hydroxyl groups is 3. The standard InChI is InChI=1S/C58H70N8O12/c1-5-54(74)28-36-29-57(52(72)77-4,46-38(19-24-63(30-36)33-54)37-16-10-11-17-41(37)59-46)40-26-39-43(27-44(40)76-3)66(34-67)49-56(39)21-25-64-23-13-20-55(6-2,48(56)64)50(70)58(49,75)51(71)62-61-47(69)42-18-12-22-65(42)31-45(68)60-53(73)78-32-35-14-8-7-9-15-35/h7-11,13-17,20,26-27,34,36,42,48-50,59,70,74-75H,5-6,12,18-19,21-25,28-33H2,1-4H3,(H,61,69)(H,62,71)(H,60,68,73)/t36-,42-,48-,49?,50+,54-,55+,56+,57-,58-/m0/s1. The number of ether oxygens (including phenoxy) is 3. The van der Waals surface area contributed by atoms with E-state index in [0.717, 1.165) is 22.0 Å². The number of rotatable bonds is 12. The van der Waals surface area contributed by atoms with Gasteiger partial charge in [0.05, 0.1) is 44.1 Å². The number of likely N-dealkylation sites (tertiary alicyclic amines) is 1. The minimum absolute atomic E-state index is 0.0498. The number of benzene rings is 3. The molecule has 20 heteroatoms. The van der Waals surface area contributed by atoms with Crippen molar-refractivity contribution in [3.8, 4) is 5.75 Å². The third-order valence-electron chi connectivity index (χ3n) is 18.9. The highest BCUT2D eigenvalue weighted by Gasteiger charge is 2.79. The third-order valence-corrected chi connectivity index (χ3v) is 18.9. The predicted octanol–water partition coefficient (Wildman–Crippen LogP) is 2.84. The summed E-state index contributed by atoms with van der Waals surface area (Å²) in [5.41, 5.74) is 1.35. The van der Waals surface area contributed by atoms with E-state index in [2.05, 4.69) is 31.0 Å². The third kappa shape index (κ3) is 8.14. The number of nitrogens with zero attached hydrogens (tertiary/aromatic N) is 4. The number of methoxy groups -OCH3 is 2. The van der Waals surface area contributed by atoms with Gasteiger partial charge >= 0.3 is 12.1 Å². The van der Waals surface area contributed by atoms with Crippen molar-refractivity contribution < 1.29 is 58.3 Å². The van der Waals surface area contributed by atoms with E-state index < -0.39 is 81.5 Å². The van der Waals surface area contributed by atoms with Crippen molar-refractivity contribution in [2.45, 2.75) is 118 Å². The van der Waals surface area contributed by atoms with E-state index in [1.807, 2.05) is 62.4 Å². The summed E-state index contributed by atoms with van der Waals surface area (Å²) >= 11 is 0. The van der Waals surface area contributed by atoms with Crippen LogP contribution >= 0.6 is 0 Å². The maximum absolute atomic E-state index is 15.5. The van der Waals surface area contributed by atoms with Crippen molar-refractivity contribution in [1.29, 1.82) is 0 Å². The van der Waals surface area contributed by atoms with Gasteiger partial charge in [-0.2, -0.15) is 0 Å². The summed E-state index contributed by atoms with van der Waals surface area (Å²) in [7, 11) is 2.85. The average Bonchev–Trinajstić information content (AvgIpc) is 2.68. The van der Waals surface area contributed by atoms with Crippen molar-refractivity contribution in [3.05, 3.63) is 107 Å². The number of alkyl carbamates (subject to hydrolysis) is 1. The molecule has 1 spiro atoms. The number of para-hydroxylation sites is 1. The van der Waals surface area contributed by atoms with Crippen LogP contribution in [0.5, 0.6) is 5.75 Å². The molecule has 5 amide bonds. The van der Waals surface area contributed by atoms with E-state index in [1.54, 1.807) is 35.2 Å². The number of hydrazine groups is 1. The van der Waals surface area contributed by atoms with Gasteiger partial charge in [0.1, 0.15) is 23.9 Å². The smallest absolute Gasteiger partial charge is 0.414 e. The van der Waals surface area contributed by atoms with Crippen molar-refractivity contribution >= 4 is 52.8 Å². The van der Waals surface area contributed by atoms with Crippen molar-refractivity contribution in [3.63, 3.8) is 0 Å². The van der Waals surface area contributed by atoms with Crippen LogP contribution < -0.4 is 25.8 Å². The van der Waals surface area contributed by atoms with Crippen LogP contribution in [-0.2, 0) is 57.3 Å². The van der Waals surface area contributed by atoms with Crippen LogP contribution in [-0.4, -0.2) is 167 Å². The SMILES string of the molecule is CC[C@]1(O)C[C@@H]2CN(CCc3c([nH]c4ccccc34)[C@@](C(=O)OC)(c3cc4c(cc3OC)N(C=O)C3[C@]45CCN4CC=C[C@@](CC)([C@@H](O)[C@]3(O)C(=O)NNC(=O)[C@@H]3CCCN3CC(=O)NC(=O)OCc3ccccc3)[C@H]45)C2)C1. The van der Waals surface area contributed by atoms with Crippen molar-refractivity contribution in [2.75, 3.05) is 64.9 Å². The van der Waals surface area contributed by atoms with Crippen LogP contribution in [0.3, 0.4) is 0 Å². The van der Waals surface area contributed by atoms with Gasteiger partial charge in [-0.1, -0.05) is 74.5 Å². The molecule has 6 aliphatic heterocycles. The Bertz CT molecular complexity index is 3080. The highest BCUT2D eigenvalue weighted by atomic mass is 16.5. The van der Waals surface area contributed by atoms with Crippen molar-refractivity contribution in [2.24, 2.45) is 11.3 Å². The van der Waals surface area contributed by atoms with E-state index in [0.29, 0.717) is 107 Å². The molecule has 20 nitrogen and oxygen atoms in total. The van der Waals surface area contributed by atoms with Gasteiger partial charge in [0, 0.05) is 71.3 Å². The van der Waals surface area contributed by atoms with Gasteiger partial charge < -0.3 is 39.4 Å².